The van der Waals surface area contributed by atoms with E-state index in [2.05, 4.69) is 20.8 Å². The molecule has 146 valence electrons. The Balaban J connectivity index is 1.64. The number of benzene rings is 2. The quantitative estimate of drug-likeness (QED) is 0.454. The van der Waals surface area contributed by atoms with Crippen molar-refractivity contribution >= 4 is 46.4 Å². The Hall–Kier alpha value is -3.22. The van der Waals surface area contributed by atoms with Crippen LogP contribution in [0, 0.1) is 0 Å². The highest BCUT2D eigenvalue weighted by Gasteiger charge is 2.11. The van der Waals surface area contributed by atoms with Gasteiger partial charge < -0.3 is 5.32 Å². The van der Waals surface area contributed by atoms with E-state index in [1.54, 1.807) is 55.5 Å². The molecule has 29 heavy (non-hydrogen) atoms. The van der Waals surface area contributed by atoms with Crippen molar-refractivity contribution in [3.63, 3.8) is 0 Å². The summed E-state index contributed by atoms with van der Waals surface area (Å²) in [6.45, 7) is 1.77. The molecule has 2 N–H and O–H groups in total. The van der Waals surface area contributed by atoms with Crippen LogP contribution in [0.15, 0.2) is 72.1 Å². The van der Waals surface area contributed by atoms with Crippen molar-refractivity contribution in [3.8, 4) is 0 Å². The number of rotatable bonds is 5. The van der Waals surface area contributed by atoms with E-state index in [-0.39, 0.29) is 16.8 Å². The Labute approximate surface area is 177 Å². The highest BCUT2D eigenvalue weighted by atomic mass is 35.5. The van der Waals surface area contributed by atoms with Crippen LogP contribution in [0.25, 0.3) is 0 Å². The number of anilines is 1. The molecule has 8 heteroatoms. The minimum atomic E-state index is -0.339. The average Bonchev–Trinajstić information content (AvgIpc) is 2.72. The molecule has 2 aromatic carbocycles. The summed E-state index contributed by atoms with van der Waals surface area (Å²) in [6, 6.07) is 14.9. The molecule has 1 aromatic heterocycles. The zero-order valence-electron chi connectivity index (χ0n) is 15.3. The summed E-state index contributed by atoms with van der Waals surface area (Å²) >= 11 is 11.9. The van der Waals surface area contributed by atoms with Gasteiger partial charge in [0.1, 0.15) is 0 Å². The first-order chi connectivity index (χ1) is 13.9. The number of amides is 2. The molecule has 6 nitrogen and oxygen atoms in total. The van der Waals surface area contributed by atoms with Crippen molar-refractivity contribution in [3.05, 3.63) is 93.7 Å². The average molecular weight is 427 g/mol. The van der Waals surface area contributed by atoms with E-state index >= 15 is 0 Å². The van der Waals surface area contributed by atoms with Gasteiger partial charge in [-0.05, 0) is 55.0 Å². The topological polar surface area (TPSA) is 83.4 Å². The molecule has 0 saturated heterocycles. The van der Waals surface area contributed by atoms with Gasteiger partial charge in [-0.1, -0.05) is 35.3 Å². The van der Waals surface area contributed by atoms with Gasteiger partial charge in [0.05, 0.1) is 16.3 Å². The highest BCUT2D eigenvalue weighted by Crippen LogP contribution is 2.22. The number of hydrogen-bond acceptors (Lipinski definition) is 4. The number of pyridine rings is 1. The molecular weight excluding hydrogens is 411 g/mol. The predicted molar refractivity (Wildman–Crippen MR) is 115 cm³/mol. The largest absolute Gasteiger partial charge is 0.322 e. The van der Waals surface area contributed by atoms with Crippen LogP contribution in [-0.2, 0) is 0 Å². The van der Waals surface area contributed by atoms with E-state index in [0.717, 1.165) is 5.56 Å². The maximum Gasteiger partial charge on any atom is 0.271 e. The molecule has 0 radical (unpaired) electrons. The van der Waals surface area contributed by atoms with E-state index in [4.69, 9.17) is 23.2 Å². The van der Waals surface area contributed by atoms with Gasteiger partial charge in [0.15, 0.2) is 0 Å². The lowest BCUT2D eigenvalue weighted by Gasteiger charge is -2.08. The van der Waals surface area contributed by atoms with E-state index < -0.39 is 0 Å². The van der Waals surface area contributed by atoms with Gasteiger partial charge in [0.25, 0.3) is 11.8 Å². The van der Waals surface area contributed by atoms with E-state index in [1.165, 1.54) is 18.5 Å². The van der Waals surface area contributed by atoms with Gasteiger partial charge in [0, 0.05) is 28.7 Å². The molecule has 0 aliphatic rings. The van der Waals surface area contributed by atoms with Crippen molar-refractivity contribution in [2.24, 2.45) is 5.10 Å². The van der Waals surface area contributed by atoms with Crippen molar-refractivity contribution in [1.29, 1.82) is 0 Å². The van der Waals surface area contributed by atoms with Crippen LogP contribution in [0.1, 0.15) is 33.2 Å². The Bertz CT molecular complexity index is 1070. The molecule has 0 spiro atoms. The lowest BCUT2D eigenvalue weighted by molar-refractivity contribution is 0.0954. The molecule has 1 heterocycles. The van der Waals surface area contributed by atoms with Crippen molar-refractivity contribution in [2.75, 3.05) is 5.32 Å². The predicted octanol–water partition coefficient (Wildman–Crippen LogP) is 4.79. The normalized spacial score (nSPS) is 11.1. The molecular formula is C21H16Cl2N4O2. The van der Waals surface area contributed by atoms with Crippen LogP contribution >= 0.6 is 23.2 Å². The van der Waals surface area contributed by atoms with E-state index in [0.29, 0.717) is 27.5 Å². The van der Waals surface area contributed by atoms with Gasteiger partial charge in [0.2, 0.25) is 0 Å². The number of halogens is 2. The minimum absolute atomic E-state index is 0.277. The summed E-state index contributed by atoms with van der Waals surface area (Å²) in [5.74, 6) is -0.662. The SMILES string of the molecule is C/C(=N/NC(=O)c1ccncc1)c1ccc(NC(=O)c2ccc(Cl)cc2Cl)cc1. The molecule has 0 aliphatic heterocycles. The first-order valence-corrected chi connectivity index (χ1v) is 9.31. The summed E-state index contributed by atoms with van der Waals surface area (Å²) in [4.78, 5) is 28.3. The smallest absolute Gasteiger partial charge is 0.271 e. The second-order valence-corrected chi connectivity index (χ2v) is 6.87. The number of aromatic nitrogens is 1. The van der Waals surface area contributed by atoms with Gasteiger partial charge in [-0.15, -0.1) is 0 Å². The standard InChI is InChI=1S/C21H16Cl2N4O2/c1-13(26-27-20(28)15-8-10-24-11-9-15)14-2-5-17(6-3-14)25-21(29)18-7-4-16(22)12-19(18)23/h2-12H,1H3,(H,25,29)(H,27,28)/b26-13-. The number of hydrazone groups is 1. The maximum absolute atomic E-state index is 12.4. The van der Waals surface area contributed by atoms with Crippen molar-refractivity contribution in [2.45, 2.75) is 6.92 Å². The third-order valence-electron chi connectivity index (χ3n) is 4.00. The molecule has 3 aromatic rings. The zero-order chi connectivity index (χ0) is 20.8. The Morgan fingerprint density at radius 2 is 1.59 bits per heavy atom. The van der Waals surface area contributed by atoms with Crippen LogP contribution in [0.5, 0.6) is 0 Å². The Morgan fingerprint density at radius 3 is 2.24 bits per heavy atom. The second kappa shape index (κ2) is 9.32. The fourth-order valence-corrected chi connectivity index (χ4v) is 2.93. The van der Waals surface area contributed by atoms with Crippen molar-refractivity contribution < 1.29 is 9.59 Å². The fraction of sp³-hybridized carbons (Fsp3) is 0.0476. The summed E-state index contributed by atoms with van der Waals surface area (Å²) in [7, 11) is 0. The van der Waals surface area contributed by atoms with Gasteiger partial charge >= 0.3 is 0 Å². The van der Waals surface area contributed by atoms with Crippen LogP contribution in [-0.4, -0.2) is 22.5 Å². The maximum atomic E-state index is 12.4. The van der Waals surface area contributed by atoms with Crippen molar-refractivity contribution in [1.82, 2.24) is 10.4 Å². The van der Waals surface area contributed by atoms with Gasteiger partial charge in [-0.2, -0.15) is 5.10 Å². The molecule has 2 amide bonds. The lowest BCUT2D eigenvalue weighted by Crippen LogP contribution is -2.19. The molecule has 0 fully saturated rings. The minimum Gasteiger partial charge on any atom is -0.322 e. The second-order valence-electron chi connectivity index (χ2n) is 6.03. The van der Waals surface area contributed by atoms with Crippen LogP contribution < -0.4 is 10.7 Å². The van der Waals surface area contributed by atoms with Crippen LogP contribution in [0.4, 0.5) is 5.69 Å². The van der Waals surface area contributed by atoms with E-state index in [9.17, 15) is 9.59 Å². The molecule has 0 saturated carbocycles. The molecule has 0 unspecified atom stereocenters. The van der Waals surface area contributed by atoms with E-state index in [1.807, 2.05) is 0 Å². The summed E-state index contributed by atoms with van der Waals surface area (Å²) < 4.78 is 0. The number of hydrogen-bond donors (Lipinski definition) is 2. The first-order valence-electron chi connectivity index (χ1n) is 8.55. The monoisotopic (exact) mass is 426 g/mol. The van der Waals surface area contributed by atoms with Crippen LogP contribution in [0.3, 0.4) is 0 Å². The first kappa shape index (κ1) is 20.5. The number of nitrogens with zero attached hydrogens (tertiary/aromatic N) is 2. The third kappa shape index (κ3) is 5.40. The Morgan fingerprint density at radius 1 is 0.897 bits per heavy atom. The number of carbonyl (C=O) groups is 2. The van der Waals surface area contributed by atoms with Gasteiger partial charge in [-0.25, -0.2) is 5.43 Å². The molecule has 0 aliphatic carbocycles. The van der Waals surface area contributed by atoms with Gasteiger partial charge in [-0.3, -0.25) is 14.6 Å². The molecule has 0 atom stereocenters. The lowest BCUT2D eigenvalue weighted by atomic mass is 10.1. The van der Waals surface area contributed by atoms with Crippen LogP contribution in [0.2, 0.25) is 10.0 Å². The zero-order valence-corrected chi connectivity index (χ0v) is 16.8. The summed E-state index contributed by atoms with van der Waals surface area (Å²) in [6.07, 6.45) is 3.07. The Kier molecular flexibility index (Phi) is 6.59. The summed E-state index contributed by atoms with van der Waals surface area (Å²) in [5.41, 5.74) is 5.31. The molecule has 0 bridgehead atoms. The molecule has 3 rings (SSSR count). The summed E-state index contributed by atoms with van der Waals surface area (Å²) in [5, 5.41) is 7.62. The number of nitrogens with one attached hydrogen (secondary N) is 2. The fourth-order valence-electron chi connectivity index (χ4n) is 2.43. The number of carbonyl (C=O) groups excluding carboxylic acids is 2. The third-order valence-corrected chi connectivity index (χ3v) is 4.55. The highest BCUT2D eigenvalue weighted by molar-refractivity contribution is 6.37.